The van der Waals surface area contributed by atoms with Crippen molar-refractivity contribution in [3.63, 3.8) is 0 Å². The van der Waals surface area contributed by atoms with E-state index in [4.69, 9.17) is 4.74 Å². The molecule has 0 aromatic rings. The molecule has 0 atom stereocenters. The van der Waals surface area contributed by atoms with Crippen LogP contribution in [0.2, 0.25) is 0 Å². The fourth-order valence-corrected chi connectivity index (χ4v) is 1.52. The van der Waals surface area contributed by atoms with Crippen LogP contribution in [0.15, 0.2) is 11.7 Å². The number of amides is 1. The first-order valence-corrected chi connectivity index (χ1v) is 5.74. The van der Waals surface area contributed by atoms with Crippen LogP contribution in [0, 0.1) is 5.41 Å². The van der Waals surface area contributed by atoms with E-state index >= 15 is 0 Å². The number of piperidine rings is 1. The highest BCUT2D eigenvalue weighted by Gasteiger charge is 2.23. The van der Waals surface area contributed by atoms with Gasteiger partial charge in [-0.3, -0.25) is 0 Å². The Bertz CT molecular complexity index is 307. The van der Waals surface area contributed by atoms with Gasteiger partial charge >= 0.3 is 6.09 Å². The number of halogens is 2. The first-order valence-electron chi connectivity index (χ1n) is 5.74. The largest absolute Gasteiger partial charge is 0.449 e. The molecular weight excluding hydrogens is 228 g/mol. The van der Waals surface area contributed by atoms with Gasteiger partial charge in [-0.1, -0.05) is 20.8 Å². The number of nitrogens with zero attached hydrogens (tertiary/aromatic N) is 1. The summed E-state index contributed by atoms with van der Waals surface area (Å²) in [4.78, 5) is 13.1. The van der Waals surface area contributed by atoms with Gasteiger partial charge < -0.3 is 9.64 Å². The Balaban J connectivity index is 2.39. The molecule has 1 amide bonds. The van der Waals surface area contributed by atoms with Crippen LogP contribution in [0.3, 0.4) is 0 Å². The molecule has 5 heteroatoms. The van der Waals surface area contributed by atoms with Crippen molar-refractivity contribution in [2.45, 2.75) is 33.6 Å². The van der Waals surface area contributed by atoms with Gasteiger partial charge in [0, 0.05) is 13.1 Å². The number of carbonyl (C=O) groups excluding carboxylic acids is 1. The molecule has 0 aromatic heterocycles. The Hall–Kier alpha value is -1.13. The third-order valence-electron chi connectivity index (χ3n) is 2.52. The molecule has 0 N–H and O–H groups in total. The summed E-state index contributed by atoms with van der Waals surface area (Å²) in [5, 5.41) is 0. The molecule has 1 fully saturated rings. The van der Waals surface area contributed by atoms with Crippen LogP contribution in [0.25, 0.3) is 0 Å². The highest BCUT2D eigenvalue weighted by molar-refractivity contribution is 5.67. The topological polar surface area (TPSA) is 29.5 Å². The lowest BCUT2D eigenvalue weighted by atomic mass is 9.99. The van der Waals surface area contributed by atoms with Crippen molar-refractivity contribution >= 4 is 6.09 Å². The lowest BCUT2D eigenvalue weighted by Gasteiger charge is -2.28. The van der Waals surface area contributed by atoms with Crippen molar-refractivity contribution < 1.29 is 18.3 Å². The van der Waals surface area contributed by atoms with E-state index in [1.807, 2.05) is 20.8 Å². The van der Waals surface area contributed by atoms with Crippen molar-refractivity contribution in [2.24, 2.45) is 5.41 Å². The molecule has 1 aliphatic rings. The van der Waals surface area contributed by atoms with Crippen LogP contribution in [0.4, 0.5) is 13.6 Å². The SMILES string of the molecule is CC(C)(C)COC(=O)N1CCC(=C(F)F)CC1. The molecule has 1 saturated heterocycles. The zero-order valence-electron chi connectivity index (χ0n) is 10.6. The monoisotopic (exact) mass is 247 g/mol. The Morgan fingerprint density at radius 1 is 1.29 bits per heavy atom. The normalized spacial score (nSPS) is 17.0. The summed E-state index contributed by atoms with van der Waals surface area (Å²) >= 11 is 0. The zero-order valence-corrected chi connectivity index (χ0v) is 10.6. The van der Waals surface area contributed by atoms with Gasteiger partial charge in [0.25, 0.3) is 6.08 Å². The lowest BCUT2D eigenvalue weighted by Crippen LogP contribution is -2.38. The second kappa shape index (κ2) is 5.47. The van der Waals surface area contributed by atoms with Gasteiger partial charge in [-0.05, 0) is 23.8 Å². The van der Waals surface area contributed by atoms with Crippen LogP contribution >= 0.6 is 0 Å². The van der Waals surface area contributed by atoms with E-state index in [9.17, 15) is 13.6 Å². The molecule has 0 bridgehead atoms. The van der Waals surface area contributed by atoms with Crippen molar-refractivity contribution in [1.82, 2.24) is 4.90 Å². The molecule has 0 saturated carbocycles. The van der Waals surface area contributed by atoms with E-state index in [-0.39, 0.29) is 23.8 Å². The summed E-state index contributed by atoms with van der Waals surface area (Å²) in [5.41, 5.74) is 0.0755. The van der Waals surface area contributed by atoms with Crippen molar-refractivity contribution in [3.8, 4) is 0 Å². The molecule has 0 spiro atoms. The summed E-state index contributed by atoms with van der Waals surface area (Å²) in [7, 11) is 0. The fourth-order valence-electron chi connectivity index (χ4n) is 1.52. The van der Waals surface area contributed by atoms with E-state index in [0.717, 1.165) is 0 Å². The highest BCUT2D eigenvalue weighted by atomic mass is 19.3. The van der Waals surface area contributed by atoms with Crippen LogP contribution < -0.4 is 0 Å². The number of hydrogen-bond donors (Lipinski definition) is 0. The number of hydrogen-bond acceptors (Lipinski definition) is 2. The average Bonchev–Trinajstić information content (AvgIpc) is 2.25. The summed E-state index contributed by atoms with van der Waals surface area (Å²) in [5.74, 6) is 0. The predicted octanol–water partition coefficient (Wildman–Crippen LogP) is 3.42. The minimum absolute atomic E-state index is 0.0818. The number of carbonyl (C=O) groups is 1. The average molecular weight is 247 g/mol. The molecule has 17 heavy (non-hydrogen) atoms. The summed E-state index contributed by atoms with van der Waals surface area (Å²) in [6, 6.07) is 0. The predicted molar refractivity (Wildman–Crippen MR) is 60.9 cm³/mol. The van der Waals surface area contributed by atoms with Crippen molar-refractivity contribution in [1.29, 1.82) is 0 Å². The van der Waals surface area contributed by atoms with Gasteiger partial charge in [0.15, 0.2) is 0 Å². The van der Waals surface area contributed by atoms with E-state index in [1.54, 1.807) is 0 Å². The second-order valence-electron chi connectivity index (χ2n) is 5.47. The number of ether oxygens (including phenoxy) is 1. The highest BCUT2D eigenvalue weighted by Crippen LogP contribution is 2.22. The maximum atomic E-state index is 12.3. The van der Waals surface area contributed by atoms with Crippen LogP contribution in [-0.4, -0.2) is 30.7 Å². The maximum Gasteiger partial charge on any atom is 0.409 e. The smallest absolute Gasteiger partial charge is 0.409 e. The molecule has 1 aliphatic heterocycles. The Morgan fingerprint density at radius 3 is 2.24 bits per heavy atom. The second-order valence-corrected chi connectivity index (χ2v) is 5.47. The molecular formula is C12H19F2NO2. The van der Waals surface area contributed by atoms with Crippen LogP contribution in [0.1, 0.15) is 33.6 Å². The molecule has 0 unspecified atom stereocenters. The van der Waals surface area contributed by atoms with Crippen molar-refractivity contribution in [2.75, 3.05) is 19.7 Å². The summed E-state index contributed by atoms with van der Waals surface area (Å²) in [6.45, 7) is 6.87. The molecule has 1 heterocycles. The van der Waals surface area contributed by atoms with E-state index in [1.165, 1.54) is 4.90 Å². The van der Waals surface area contributed by atoms with Gasteiger partial charge in [-0.15, -0.1) is 0 Å². The van der Waals surface area contributed by atoms with Gasteiger partial charge in [0.2, 0.25) is 0 Å². The van der Waals surface area contributed by atoms with Gasteiger partial charge in [0.05, 0.1) is 6.61 Å². The molecule has 0 aromatic carbocycles. The lowest BCUT2D eigenvalue weighted by molar-refractivity contribution is 0.0698. The van der Waals surface area contributed by atoms with Crippen molar-refractivity contribution in [3.05, 3.63) is 11.7 Å². The number of likely N-dealkylation sites (tertiary alicyclic amines) is 1. The summed E-state index contributed by atoms with van der Waals surface area (Å²) in [6.07, 6.45) is -1.52. The van der Waals surface area contributed by atoms with E-state index < -0.39 is 12.2 Å². The third kappa shape index (κ3) is 4.71. The molecule has 98 valence electrons. The number of rotatable bonds is 1. The molecule has 1 rings (SSSR count). The fraction of sp³-hybridized carbons (Fsp3) is 0.750. The minimum atomic E-state index is -1.60. The Labute approximate surface area is 100 Å². The minimum Gasteiger partial charge on any atom is -0.449 e. The first-order chi connectivity index (χ1) is 7.79. The van der Waals surface area contributed by atoms with Gasteiger partial charge in [-0.25, -0.2) is 4.79 Å². The van der Waals surface area contributed by atoms with Gasteiger partial charge in [0.1, 0.15) is 0 Å². The van der Waals surface area contributed by atoms with Crippen LogP contribution in [0.5, 0.6) is 0 Å². The molecule has 0 aliphatic carbocycles. The van der Waals surface area contributed by atoms with E-state index in [0.29, 0.717) is 19.7 Å². The van der Waals surface area contributed by atoms with E-state index in [2.05, 4.69) is 0 Å². The maximum absolute atomic E-state index is 12.3. The standard InChI is InChI=1S/C12H19F2NO2/c1-12(2,3)8-17-11(16)15-6-4-9(5-7-15)10(13)14/h4-8H2,1-3H3. The zero-order chi connectivity index (χ0) is 13.1. The Morgan fingerprint density at radius 2 is 1.82 bits per heavy atom. The summed E-state index contributed by atoms with van der Waals surface area (Å²) < 4.78 is 29.7. The van der Waals surface area contributed by atoms with Gasteiger partial charge in [-0.2, -0.15) is 8.78 Å². The third-order valence-corrected chi connectivity index (χ3v) is 2.52. The molecule has 0 radical (unpaired) electrons. The first kappa shape index (κ1) is 13.9. The molecule has 3 nitrogen and oxygen atoms in total. The Kier molecular flexibility index (Phi) is 4.48. The quantitative estimate of drug-likeness (QED) is 0.710. The van der Waals surface area contributed by atoms with Crippen LogP contribution in [-0.2, 0) is 4.74 Å².